The van der Waals surface area contributed by atoms with Crippen LogP contribution in [0.4, 0.5) is 0 Å². The number of benzene rings is 1. The van der Waals surface area contributed by atoms with Gasteiger partial charge in [-0.3, -0.25) is 0 Å². The minimum Gasteiger partial charge on any atom is -0.444 e. The lowest BCUT2D eigenvalue weighted by molar-refractivity contribution is 0.0967. The Hall–Kier alpha value is -1.69. The van der Waals surface area contributed by atoms with Crippen LogP contribution in [0.2, 0.25) is 0 Å². The SMILES string of the molecule is COCC(C)(CCO)NCc1coc(-c2ccccc2)n1. The second-order valence-electron chi connectivity index (χ2n) is 5.33. The van der Waals surface area contributed by atoms with Gasteiger partial charge in [-0.05, 0) is 25.5 Å². The van der Waals surface area contributed by atoms with E-state index in [1.807, 2.05) is 37.3 Å². The van der Waals surface area contributed by atoms with E-state index in [4.69, 9.17) is 14.3 Å². The molecule has 21 heavy (non-hydrogen) atoms. The summed E-state index contributed by atoms with van der Waals surface area (Å²) in [5.41, 5.74) is 1.50. The van der Waals surface area contributed by atoms with Crippen molar-refractivity contribution < 1.29 is 14.3 Å². The molecule has 2 rings (SSSR count). The Morgan fingerprint density at radius 2 is 2.10 bits per heavy atom. The number of aliphatic hydroxyl groups is 1. The number of aliphatic hydroxyl groups excluding tert-OH is 1. The van der Waals surface area contributed by atoms with Gasteiger partial charge in [-0.1, -0.05) is 18.2 Å². The van der Waals surface area contributed by atoms with Crippen molar-refractivity contribution in [2.24, 2.45) is 0 Å². The van der Waals surface area contributed by atoms with Gasteiger partial charge in [0, 0.05) is 31.4 Å². The second-order valence-corrected chi connectivity index (χ2v) is 5.33. The number of methoxy groups -OCH3 is 1. The Bertz CT molecular complexity index is 533. The van der Waals surface area contributed by atoms with Gasteiger partial charge in [0.05, 0.1) is 12.3 Å². The minimum atomic E-state index is -0.282. The van der Waals surface area contributed by atoms with Crippen molar-refractivity contribution in [2.45, 2.75) is 25.4 Å². The maximum absolute atomic E-state index is 9.15. The molecule has 1 aromatic heterocycles. The fourth-order valence-electron chi connectivity index (χ4n) is 2.18. The van der Waals surface area contributed by atoms with Crippen LogP contribution in [-0.2, 0) is 11.3 Å². The molecule has 1 heterocycles. The normalized spacial score (nSPS) is 14.0. The van der Waals surface area contributed by atoms with Crippen molar-refractivity contribution in [3.05, 3.63) is 42.3 Å². The Morgan fingerprint density at radius 1 is 1.33 bits per heavy atom. The Kier molecular flexibility index (Phi) is 5.50. The van der Waals surface area contributed by atoms with E-state index in [0.29, 0.717) is 25.5 Å². The lowest BCUT2D eigenvalue weighted by atomic mass is 9.99. The van der Waals surface area contributed by atoms with Crippen LogP contribution < -0.4 is 5.32 Å². The lowest BCUT2D eigenvalue weighted by Gasteiger charge is -2.29. The molecule has 0 spiro atoms. The molecular weight excluding hydrogens is 268 g/mol. The first-order chi connectivity index (χ1) is 10.2. The number of nitrogens with zero attached hydrogens (tertiary/aromatic N) is 1. The molecule has 114 valence electrons. The molecule has 5 heteroatoms. The summed E-state index contributed by atoms with van der Waals surface area (Å²) in [7, 11) is 1.65. The molecule has 0 saturated carbocycles. The Balaban J connectivity index is 1.99. The predicted molar refractivity (Wildman–Crippen MR) is 80.8 cm³/mol. The maximum atomic E-state index is 9.15. The van der Waals surface area contributed by atoms with Gasteiger partial charge in [-0.15, -0.1) is 0 Å². The zero-order valence-electron chi connectivity index (χ0n) is 12.5. The molecule has 0 amide bonds. The van der Waals surface area contributed by atoms with Crippen LogP contribution in [0, 0.1) is 0 Å². The second kappa shape index (κ2) is 7.36. The van der Waals surface area contributed by atoms with Crippen molar-refractivity contribution >= 4 is 0 Å². The third kappa shape index (κ3) is 4.39. The van der Waals surface area contributed by atoms with Gasteiger partial charge < -0.3 is 19.6 Å². The van der Waals surface area contributed by atoms with E-state index in [0.717, 1.165) is 11.3 Å². The van der Waals surface area contributed by atoms with Crippen LogP contribution in [0.3, 0.4) is 0 Å². The number of aromatic nitrogens is 1. The number of rotatable bonds is 8. The van der Waals surface area contributed by atoms with Gasteiger partial charge in [0.15, 0.2) is 0 Å². The van der Waals surface area contributed by atoms with E-state index in [-0.39, 0.29) is 12.1 Å². The van der Waals surface area contributed by atoms with Gasteiger partial charge in [-0.2, -0.15) is 0 Å². The van der Waals surface area contributed by atoms with E-state index < -0.39 is 0 Å². The highest BCUT2D eigenvalue weighted by Crippen LogP contribution is 2.18. The standard InChI is InChI=1S/C16H22N2O3/c1-16(8-9-19,12-20-2)17-10-14-11-21-15(18-14)13-6-4-3-5-7-13/h3-7,11,17,19H,8-10,12H2,1-2H3. The molecule has 5 nitrogen and oxygen atoms in total. The van der Waals surface area contributed by atoms with Crippen LogP contribution in [0.5, 0.6) is 0 Å². The summed E-state index contributed by atoms with van der Waals surface area (Å²) in [6, 6.07) is 9.79. The lowest BCUT2D eigenvalue weighted by Crippen LogP contribution is -2.46. The third-order valence-electron chi connectivity index (χ3n) is 3.40. The topological polar surface area (TPSA) is 67.5 Å². The molecule has 0 aliphatic carbocycles. The van der Waals surface area contributed by atoms with Crippen LogP contribution in [0.15, 0.2) is 41.0 Å². The Morgan fingerprint density at radius 3 is 2.76 bits per heavy atom. The zero-order chi connectivity index (χ0) is 15.1. The zero-order valence-corrected chi connectivity index (χ0v) is 12.5. The highest BCUT2D eigenvalue weighted by atomic mass is 16.5. The number of oxazole rings is 1. The summed E-state index contributed by atoms with van der Waals surface area (Å²) in [6.45, 7) is 3.22. The highest BCUT2D eigenvalue weighted by molar-refractivity contribution is 5.52. The van der Waals surface area contributed by atoms with Crippen LogP contribution in [-0.4, -0.2) is 36.0 Å². The quantitative estimate of drug-likeness (QED) is 0.780. The fourth-order valence-corrected chi connectivity index (χ4v) is 2.18. The molecule has 0 bridgehead atoms. The fraction of sp³-hybridized carbons (Fsp3) is 0.438. The minimum absolute atomic E-state index is 0.112. The first kappa shape index (κ1) is 15.7. The first-order valence-electron chi connectivity index (χ1n) is 7.01. The molecule has 1 aromatic carbocycles. The summed E-state index contributed by atoms with van der Waals surface area (Å²) in [5.74, 6) is 0.614. The van der Waals surface area contributed by atoms with Crippen molar-refractivity contribution in [2.75, 3.05) is 20.3 Å². The van der Waals surface area contributed by atoms with Gasteiger partial charge in [0.25, 0.3) is 0 Å². The van der Waals surface area contributed by atoms with Crippen molar-refractivity contribution in [3.63, 3.8) is 0 Å². The van der Waals surface area contributed by atoms with Gasteiger partial charge >= 0.3 is 0 Å². The average molecular weight is 290 g/mol. The molecule has 1 atom stereocenters. The Labute approximate surface area is 125 Å². The van der Waals surface area contributed by atoms with Crippen molar-refractivity contribution in [1.82, 2.24) is 10.3 Å². The molecular formula is C16H22N2O3. The van der Waals surface area contributed by atoms with Gasteiger partial charge in [0.1, 0.15) is 6.26 Å². The van der Waals surface area contributed by atoms with E-state index in [1.54, 1.807) is 13.4 Å². The summed E-state index contributed by atoms with van der Waals surface area (Å²) in [4.78, 5) is 4.47. The summed E-state index contributed by atoms with van der Waals surface area (Å²) < 4.78 is 10.7. The third-order valence-corrected chi connectivity index (χ3v) is 3.40. The summed E-state index contributed by atoms with van der Waals surface area (Å²) in [6.07, 6.45) is 2.27. The summed E-state index contributed by atoms with van der Waals surface area (Å²) in [5, 5.41) is 12.5. The van der Waals surface area contributed by atoms with E-state index >= 15 is 0 Å². The monoisotopic (exact) mass is 290 g/mol. The van der Waals surface area contributed by atoms with Crippen molar-refractivity contribution in [1.29, 1.82) is 0 Å². The van der Waals surface area contributed by atoms with E-state index in [9.17, 15) is 0 Å². The van der Waals surface area contributed by atoms with E-state index in [2.05, 4.69) is 10.3 Å². The largest absolute Gasteiger partial charge is 0.444 e. The number of nitrogens with one attached hydrogen (secondary N) is 1. The molecule has 0 aliphatic rings. The summed E-state index contributed by atoms with van der Waals surface area (Å²) >= 11 is 0. The van der Waals surface area contributed by atoms with E-state index in [1.165, 1.54) is 0 Å². The molecule has 0 aliphatic heterocycles. The number of ether oxygens (including phenoxy) is 1. The number of hydrogen-bond donors (Lipinski definition) is 2. The molecule has 0 fully saturated rings. The van der Waals surface area contributed by atoms with Crippen LogP contribution in [0.1, 0.15) is 19.0 Å². The average Bonchev–Trinajstić information content (AvgIpc) is 2.96. The number of hydrogen-bond acceptors (Lipinski definition) is 5. The smallest absolute Gasteiger partial charge is 0.226 e. The highest BCUT2D eigenvalue weighted by Gasteiger charge is 2.23. The predicted octanol–water partition coefficient (Wildman–Crippen LogP) is 2.22. The van der Waals surface area contributed by atoms with Crippen LogP contribution >= 0.6 is 0 Å². The molecule has 1 unspecified atom stereocenters. The van der Waals surface area contributed by atoms with Gasteiger partial charge in [-0.25, -0.2) is 4.98 Å². The maximum Gasteiger partial charge on any atom is 0.226 e. The molecule has 0 saturated heterocycles. The molecule has 0 radical (unpaired) electrons. The van der Waals surface area contributed by atoms with Gasteiger partial charge in [0.2, 0.25) is 5.89 Å². The molecule has 2 aromatic rings. The van der Waals surface area contributed by atoms with Crippen LogP contribution in [0.25, 0.3) is 11.5 Å². The molecule has 2 N–H and O–H groups in total. The van der Waals surface area contributed by atoms with Crippen molar-refractivity contribution in [3.8, 4) is 11.5 Å². The first-order valence-corrected chi connectivity index (χ1v) is 7.01.